The predicted octanol–water partition coefficient (Wildman–Crippen LogP) is 1.49. The maximum absolute atomic E-state index is 12.6. The summed E-state index contributed by atoms with van der Waals surface area (Å²) in [7, 11) is 0. The average molecular weight is 436 g/mol. The molecule has 32 heavy (non-hydrogen) atoms. The lowest BCUT2D eigenvalue weighted by Gasteiger charge is -2.14. The highest BCUT2D eigenvalue weighted by Gasteiger charge is 2.27. The molecule has 10 nitrogen and oxygen atoms in total. The molecule has 2 aromatic carbocycles. The molecule has 166 valence electrons. The van der Waals surface area contributed by atoms with Crippen LogP contribution in [0.2, 0.25) is 0 Å². The molecule has 0 spiro atoms. The molecule has 0 saturated heterocycles. The average Bonchev–Trinajstić information content (AvgIpc) is 3.27. The van der Waals surface area contributed by atoms with Crippen LogP contribution < -0.4 is 16.8 Å². The number of rotatable bonds is 10. The van der Waals surface area contributed by atoms with E-state index < -0.39 is 17.9 Å². The zero-order chi connectivity index (χ0) is 22.9. The number of hydrogen-bond donors (Lipinski definition) is 4. The number of aromatic nitrogens is 2. The van der Waals surface area contributed by atoms with Gasteiger partial charge >= 0.3 is 5.97 Å². The molecular weight excluding hydrogens is 412 g/mol. The summed E-state index contributed by atoms with van der Waals surface area (Å²) in [6.45, 7) is 0.254. The zero-order valence-corrected chi connectivity index (χ0v) is 17.2. The Bertz CT molecular complexity index is 1020. The van der Waals surface area contributed by atoms with Crippen molar-refractivity contribution in [2.24, 2.45) is 16.5 Å². The second-order valence-electron chi connectivity index (χ2n) is 7.02. The molecule has 3 aromatic rings. The van der Waals surface area contributed by atoms with E-state index in [1.54, 1.807) is 0 Å². The monoisotopic (exact) mass is 436 g/mol. The van der Waals surface area contributed by atoms with Gasteiger partial charge in [0.2, 0.25) is 5.89 Å². The van der Waals surface area contributed by atoms with Crippen LogP contribution in [0, 0.1) is 0 Å². The van der Waals surface area contributed by atoms with E-state index >= 15 is 0 Å². The number of aliphatic imine (C=N–C) groups is 1. The van der Waals surface area contributed by atoms with E-state index in [0.29, 0.717) is 6.42 Å². The number of nitrogens with one attached hydrogen (secondary N) is 1. The van der Waals surface area contributed by atoms with E-state index in [9.17, 15) is 14.7 Å². The number of nitrogens with two attached hydrogens (primary N) is 2. The number of carboxylic acid groups (broad SMARTS) is 1. The quantitative estimate of drug-likeness (QED) is 0.210. The molecule has 3 rings (SSSR count). The number of nitrogens with zero attached hydrogens (tertiary/aromatic N) is 3. The van der Waals surface area contributed by atoms with Crippen molar-refractivity contribution in [2.75, 3.05) is 6.54 Å². The van der Waals surface area contributed by atoms with Crippen molar-refractivity contribution in [2.45, 2.75) is 24.8 Å². The zero-order valence-electron chi connectivity index (χ0n) is 17.2. The van der Waals surface area contributed by atoms with Gasteiger partial charge in [-0.05, 0) is 24.0 Å². The number of benzene rings is 2. The smallest absolute Gasteiger partial charge is 0.326 e. The Morgan fingerprint density at radius 3 is 2.16 bits per heavy atom. The topological polar surface area (TPSA) is 170 Å². The van der Waals surface area contributed by atoms with Crippen molar-refractivity contribution in [3.63, 3.8) is 0 Å². The summed E-state index contributed by atoms with van der Waals surface area (Å²) >= 11 is 0. The minimum absolute atomic E-state index is 0.0772. The van der Waals surface area contributed by atoms with E-state index in [1.807, 2.05) is 60.7 Å². The fourth-order valence-corrected chi connectivity index (χ4v) is 3.20. The molecule has 10 heteroatoms. The summed E-state index contributed by atoms with van der Waals surface area (Å²) in [6.07, 6.45) is 0.510. The maximum Gasteiger partial charge on any atom is 0.326 e. The van der Waals surface area contributed by atoms with Gasteiger partial charge in [0.1, 0.15) is 6.04 Å². The Hall–Kier alpha value is -4.21. The van der Waals surface area contributed by atoms with Crippen LogP contribution in [-0.2, 0) is 4.79 Å². The summed E-state index contributed by atoms with van der Waals surface area (Å²) in [5, 5.41) is 15.6. The van der Waals surface area contributed by atoms with Crippen LogP contribution in [0.4, 0.5) is 0 Å². The largest absolute Gasteiger partial charge is 0.480 e. The van der Waals surface area contributed by atoms with Gasteiger partial charge in [0.05, 0.1) is 5.92 Å². The van der Waals surface area contributed by atoms with Crippen molar-refractivity contribution < 1.29 is 19.2 Å². The number of guanidine groups is 1. The Morgan fingerprint density at radius 1 is 1.03 bits per heavy atom. The maximum atomic E-state index is 12.6. The third kappa shape index (κ3) is 5.91. The van der Waals surface area contributed by atoms with Crippen LogP contribution in [0.1, 0.15) is 46.4 Å². The van der Waals surface area contributed by atoms with Gasteiger partial charge in [-0.1, -0.05) is 65.8 Å². The van der Waals surface area contributed by atoms with Gasteiger partial charge in [0.25, 0.3) is 11.7 Å². The number of carboxylic acids is 1. The first-order valence-electron chi connectivity index (χ1n) is 9.98. The molecule has 1 atom stereocenters. The Morgan fingerprint density at radius 2 is 1.62 bits per heavy atom. The highest BCUT2D eigenvalue weighted by Crippen LogP contribution is 2.30. The normalized spacial score (nSPS) is 11.7. The number of carbonyl (C=O) groups is 2. The van der Waals surface area contributed by atoms with Gasteiger partial charge in [-0.2, -0.15) is 4.98 Å². The molecular formula is C22H24N6O4. The summed E-state index contributed by atoms with van der Waals surface area (Å²) in [4.78, 5) is 32.2. The molecule has 1 heterocycles. The minimum Gasteiger partial charge on any atom is -0.480 e. The molecule has 1 aromatic heterocycles. The van der Waals surface area contributed by atoms with E-state index in [-0.39, 0.29) is 36.6 Å². The Balaban J connectivity index is 1.77. The second kappa shape index (κ2) is 10.7. The predicted molar refractivity (Wildman–Crippen MR) is 117 cm³/mol. The fraction of sp³-hybridized carbons (Fsp3) is 0.227. The van der Waals surface area contributed by atoms with Crippen LogP contribution in [0.5, 0.6) is 0 Å². The molecule has 6 N–H and O–H groups in total. The highest BCUT2D eigenvalue weighted by molar-refractivity contribution is 5.93. The lowest BCUT2D eigenvalue weighted by Crippen LogP contribution is -2.41. The molecule has 0 bridgehead atoms. The first kappa shape index (κ1) is 22.5. The van der Waals surface area contributed by atoms with E-state index in [0.717, 1.165) is 11.1 Å². The van der Waals surface area contributed by atoms with E-state index in [1.165, 1.54) is 0 Å². The van der Waals surface area contributed by atoms with Crippen LogP contribution in [0.3, 0.4) is 0 Å². The lowest BCUT2D eigenvalue weighted by molar-refractivity contribution is -0.139. The summed E-state index contributed by atoms with van der Waals surface area (Å²) < 4.78 is 5.41. The molecule has 0 aliphatic carbocycles. The standard InChI is InChI=1S/C22H24N6O4/c23-22(24)25-13-7-12-16(21(30)31)26-19(29)18-27-20(32-28-18)17(14-8-3-1-4-9-14)15-10-5-2-6-11-15/h1-6,8-11,16-17H,7,12-13H2,(H,26,29)(H,30,31)(H4,23,24,25)/t16-/m0/s1. The van der Waals surface area contributed by atoms with Crippen LogP contribution in [-0.4, -0.2) is 45.7 Å². The van der Waals surface area contributed by atoms with Crippen molar-refractivity contribution in [1.29, 1.82) is 0 Å². The number of amides is 1. The van der Waals surface area contributed by atoms with E-state index in [2.05, 4.69) is 20.4 Å². The first-order valence-corrected chi connectivity index (χ1v) is 9.98. The molecule has 0 radical (unpaired) electrons. The van der Waals surface area contributed by atoms with Crippen LogP contribution in [0.15, 0.2) is 70.2 Å². The summed E-state index contributed by atoms with van der Waals surface area (Å²) in [6, 6.07) is 18.0. The number of hydrogen-bond acceptors (Lipinski definition) is 6. The van der Waals surface area contributed by atoms with Gasteiger partial charge < -0.3 is 26.4 Å². The molecule has 0 fully saturated rings. The van der Waals surface area contributed by atoms with Gasteiger partial charge in [-0.15, -0.1) is 0 Å². The third-order valence-corrected chi connectivity index (χ3v) is 4.71. The number of carbonyl (C=O) groups excluding carboxylic acids is 1. The van der Waals surface area contributed by atoms with Gasteiger partial charge in [-0.25, -0.2) is 4.79 Å². The number of aliphatic carboxylic acids is 1. The molecule has 0 aliphatic rings. The van der Waals surface area contributed by atoms with Crippen molar-refractivity contribution in [3.8, 4) is 0 Å². The molecule has 0 saturated carbocycles. The minimum atomic E-state index is -1.18. The highest BCUT2D eigenvalue weighted by atomic mass is 16.5. The van der Waals surface area contributed by atoms with Gasteiger partial charge in [0, 0.05) is 6.54 Å². The van der Waals surface area contributed by atoms with Crippen LogP contribution >= 0.6 is 0 Å². The van der Waals surface area contributed by atoms with Crippen molar-refractivity contribution >= 4 is 17.8 Å². The molecule has 0 unspecified atom stereocenters. The summed E-state index contributed by atoms with van der Waals surface area (Å²) in [5.74, 6) is -2.39. The third-order valence-electron chi connectivity index (χ3n) is 4.71. The van der Waals surface area contributed by atoms with Crippen molar-refractivity contribution in [1.82, 2.24) is 15.5 Å². The molecule has 0 aliphatic heterocycles. The first-order chi connectivity index (χ1) is 15.5. The Labute approximate surface area is 184 Å². The van der Waals surface area contributed by atoms with Gasteiger partial charge in [-0.3, -0.25) is 9.79 Å². The second-order valence-corrected chi connectivity index (χ2v) is 7.02. The lowest BCUT2D eigenvalue weighted by atomic mass is 9.91. The summed E-state index contributed by atoms with van der Waals surface area (Å²) in [5.41, 5.74) is 12.3. The fourth-order valence-electron chi connectivity index (χ4n) is 3.20. The Kier molecular flexibility index (Phi) is 7.52. The van der Waals surface area contributed by atoms with Crippen LogP contribution in [0.25, 0.3) is 0 Å². The van der Waals surface area contributed by atoms with Crippen molar-refractivity contribution in [3.05, 3.63) is 83.5 Å². The van der Waals surface area contributed by atoms with E-state index in [4.69, 9.17) is 16.0 Å². The van der Waals surface area contributed by atoms with Gasteiger partial charge in [0.15, 0.2) is 5.96 Å². The SMILES string of the molecule is NC(N)=NCCC[C@H](NC(=O)c1noc(C(c2ccccc2)c2ccccc2)n1)C(=O)O. The molecule has 1 amide bonds.